The summed E-state index contributed by atoms with van der Waals surface area (Å²) in [6.07, 6.45) is 6.44. The minimum atomic E-state index is -0.784. The van der Waals surface area contributed by atoms with Crippen LogP contribution < -0.4 is 0 Å². The van der Waals surface area contributed by atoms with Crippen molar-refractivity contribution < 1.29 is 23.6 Å². The summed E-state index contributed by atoms with van der Waals surface area (Å²) >= 11 is 0. The van der Waals surface area contributed by atoms with E-state index in [9.17, 15) is 9.59 Å². The first-order valence-electron chi connectivity index (χ1n) is 8.46. The Hall–Kier alpha value is -2.64. The second-order valence-corrected chi connectivity index (χ2v) is 6.30. The molecule has 0 saturated carbocycles. The van der Waals surface area contributed by atoms with E-state index in [0.717, 1.165) is 24.9 Å². The number of rotatable bonds is 7. The molecule has 1 aliphatic heterocycles. The van der Waals surface area contributed by atoms with Crippen LogP contribution in [0.3, 0.4) is 0 Å². The Morgan fingerprint density at radius 1 is 1.36 bits per heavy atom. The van der Waals surface area contributed by atoms with E-state index in [1.54, 1.807) is 6.07 Å². The summed E-state index contributed by atoms with van der Waals surface area (Å²) < 4.78 is 10.2. The van der Waals surface area contributed by atoms with Gasteiger partial charge in [-0.15, -0.1) is 0 Å². The molecule has 0 aromatic carbocycles. The Labute approximate surface area is 144 Å². The molecule has 2 aromatic heterocycles. The molecular weight excluding hydrogens is 326 g/mol. The SMILES string of the molecule is O=C(O)CCC1CCCN(C(=O)CCc2nc(-c3ccoc3)no2)C1. The second-order valence-electron chi connectivity index (χ2n) is 6.30. The summed E-state index contributed by atoms with van der Waals surface area (Å²) in [5, 5.41) is 12.7. The highest BCUT2D eigenvalue weighted by Crippen LogP contribution is 2.22. The zero-order chi connectivity index (χ0) is 17.6. The third-order valence-electron chi connectivity index (χ3n) is 4.44. The van der Waals surface area contributed by atoms with Crippen molar-refractivity contribution in [2.45, 2.75) is 38.5 Å². The molecule has 0 bridgehead atoms. The topological polar surface area (TPSA) is 110 Å². The summed E-state index contributed by atoms with van der Waals surface area (Å²) in [5.41, 5.74) is 0.735. The fourth-order valence-corrected chi connectivity index (χ4v) is 3.09. The van der Waals surface area contributed by atoms with Crippen LogP contribution in [0.4, 0.5) is 0 Å². The van der Waals surface area contributed by atoms with Crippen LogP contribution in [0, 0.1) is 5.92 Å². The Morgan fingerprint density at radius 3 is 3.00 bits per heavy atom. The molecule has 134 valence electrons. The number of amides is 1. The molecule has 3 rings (SSSR count). The lowest BCUT2D eigenvalue weighted by Crippen LogP contribution is -2.40. The molecule has 1 atom stereocenters. The number of carbonyl (C=O) groups is 2. The first-order valence-corrected chi connectivity index (χ1v) is 8.46. The van der Waals surface area contributed by atoms with Gasteiger partial charge in [-0.05, 0) is 31.2 Å². The number of aliphatic carboxylic acids is 1. The maximum Gasteiger partial charge on any atom is 0.303 e. The monoisotopic (exact) mass is 347 g/mol. The number of hydrogen-bond donors (Lipinski definition) is 1. The molecule has 1 saturated heterocycles. The predicted octanol–water partition coefficient (Wildman–Crippen LogP) is 2.37. The first-order chi connectivity index (χ1) is 12.1. The van der Waals surface area contributed by atoms with Gasteiger partial charge in [-0.2, -0.15) is 4.98 Å². The summed E-state index contributed by atoms with van der Waals surface area (Å²) in [5.74, 6) is 0.396. The van der Waals surface area contributed by atoms with Crippen molar-refractivity contribution in [2.75, 3.05) is 13.1 Å². The van der Waals surface area contributed by atoms with Crippen LogP contribution in [0.25, 0.3) is 11.4 Å². The van der Waals surface area contributed by atoms with Crippen LogP contribution in [0.5, 0.6) is 0 Å². The summed E-state index contributed by atoms with van der Waals surface area (Å²) in [7, 11) is 0. The molecule has 3 heterocycles. The maximum absolute atomic E-state index is 12.4. The minimum absolute atomic E-state index is 0.0445. The fourth-order valence-electron chi connectivity index (χ4n) is 3.09. The zero-order valence-corrected chi connectivity index (χ0v) is 13.9. The Bertz CT molecular complexity index is 710. The van der Waals surface area contributed by atoms with Gasteiger partial charge in [0.25, 0.3) is 0 Å². The van der Waals surface area contributed by atoms with Crippen molar-refractivity contribution >= 4 is 11.9 Å². The van der Waals surface area contributed by atoms with E-state index in [2.05, 4.69) is 10.1 Å². The predicted molar refractivity (Wildman–Crippen MR) is 86.5 cm³/mol. The van der Waals surface area contributed by atoms with Crippen molar-refractivity contribution in [1.82, 2.24) is 15.0 Å². The summed E-state index contributed by atoms with van der Waals surface area (Å²) in [4.78, 5) is 29.2. The molecule has 1 aliphatic rings. The van der Waals surface area contributed by atoms with Gasteiger partial charge in [0.1, 0.15) is 6.26 Å². The molecule has 25 heavy (non-hydrogen) atoms. The molecule has 1 amide bonds. The number of carboxylic acids is 1. The fraction of sp³-hybridized carbons (Fsp3) is 0.529. The van der Waals surface area contributed by atoms with Crippen LogP contribution >= 0.6 is 0 Å². The number of aryl methyl sites for hydroxylation is 1. The highest BCUT2D eigenvalue weighted by Gasteiger charge is 2.24. The normalized spacial score (nSPS) is 17.6. The average Bonchev–Trinajstić information content (AvgIpc) is 3.29. The minimum Gasteiger partial charge on any atom is -0.481 e. The van der Waals surface area contributed by atoms with Gasteiger partial charge in [0.2, 0.25) is 17.6 Å². The van der Waals surface area contributed by atoms with Gasteiger partial charge < -0.3 is 18.9 Å². The second kappa shape index (κ2) is 7.96. The standard InChI is InChI=1S/C17H21N3O5/c21-15(20-8-1-2-12(10-20)3-6-16(22)23)5-4-14-18-17(19-25-14)13-7-9-24-11-13/h7,9,11-12H,1-6,8,10H2,(H,22,23). The molecule has 2 aromatic rings. The molecule has 0 radical (unpaired) electrons. The number of aromatic nitrogens is 2. The summed E-state index contributed by atoms with van der Waals surface area (Å²) in [6, 6.07) is 1.74. The van der Waals surface area contributed by atoms with Crippen LogP contribution in [-0.4, -0.2) is 45.1 Å². The molecule has 8 heteroatoms. The van der Waals surface area contributed by atoms with Crippen LogP contribution in [0.15, 0.2) is 27.5 Å². The van der Waals surface area contributed by atoms with Gasteiger partial charge >= 0.3 is 5.97 Å². The van der Waals surface area contributed by atoms with Gasteiger partial charge in [0.15, 0.2) is 0 Å². The molecule has 1 N–H and O–H groups in total. The van der Waals surface area contributed by atoms with Crippen LogP contribution in [0.1, 0.15) is 38.0 Å². The van der Waals surface area contributed by atoms with E-state index < -0.39 is 5.97 Å². The quantitative estimate of drug-likeness (QED) is 0.818. The van der Waals surface area contributed by atoms with E-state index in [-0.39, 0.29) is 18.2 Å². The largest absolute Gasteiger partial charge is 0.481 e. The highest BCUT2D eigenvalue weighted by atomic mass is 16.5. The van der Waals surface area contributed by atoms with Gasteiger partial charge in [0.05, 0.1) is 11.8 Å². The van der Waals surface area contributed by atoms with E-state index in [1.165, 1.54) is 12.5 Å². The number of furan rings is 1. The number of piperidine rings is 1. The Kier molecular flexibility index (Phi) is 5.47. The number of nitrogens with zero attached hydrogens (tertiary/aromatic N) is 3. The Balaban J connectivity index is 1.48. The smallest absolute Gasteiger partial charge is 0.303 e. The first kappa shape index (κ1) is 17.2. The van der Waals surface area contributed by atoms with Gasteiger partial charge in [-0.1, -0.05) is 5.16 Å². The number of hydrogen-bond acceptors (Lipinski definition) is 6. The van der Waals surface area contributed by atoms with Gasteiger partial charge in [-0.25, -0.2) is 0 Å². The summed E-state index contributed by atoms with van der Waals surface area (Å²) in [6.45, 7) is 1.36. The average molecular weight is 347 g/mol. The van der Waals surface area contributed by atoms with E-state index in [4.69, 9.17) is 14.0 Å². The third-order valence-corrected chi connectivity index (χ3v) is 4.44. The molecule has 8 nitrogen and oxygen atoms in total. The lowest BCUT2D eigenvalue weighted by Gasteiger charge is -2.32. The third kappa shape index (κ3) is 4.68. The molecule has 1 fully saturated rings. The number of carboxylic acid groups (broad SMARTS) is 1. The Morgan fingerprint density at radius 2 is 2.24 bits per heavy atom. The molecular formula is C17H21N3O5. The van der Waals surface area contributed by atoms with E-state index in [0.29, 0.717) is 37.5 Å². The van der Waals surface area contributed by atoms with Gasteiger partial charge in [0, 0.05) is 32.4 Å². The molecule has 0 aliphatic carbocycles. The number of likely N-dealkylation sites (tertiary alicyclic amines) is 1. The van der Waals surface area contributed by atoms with Crippen LogP contribution in [0.2, 0.25) is 0 Å². The van der Waals surface area contributed by atoms with Crippen molar-refractivity contribution in [1.29, 1.82) is 0 Å². The lowest BCUT2D eigenvalue weighted by molar-refractivity contribution is -0.137. The molecule has 0 spiro atoms. The van der Waals surface area contributed by atoms with Gasteiger partial charge in [-0.3, -0.25) is 9.59 Å². The lowest BCUT2D eigenvalue weighted by atomic mass is 9.93. The maximum atomic E-state index is 12.4. The zero-order valence-electron chi connectivity index (χ0n) is 13.9. The van der Waals surface area contributed by atoms with Crippen LogP contribution in [-0.2, 0) is 16.0 Å². The van der Waals surface area contributed by atoms with Crippen molar-refractivity contribution in [2.24, 2.45) is 5.92 Å². The van der Waals surface area contributed by atoms with Crippen molar-refractivity contribution in [3.05, 3.63) is 24.5 Å². The van der Waals surface area contributed by atoms with Crippen molar-refractivity contribution in [3.8, 4) is 11.4 Å². The van der Waals surface area contributed by atoms with E-state index in [1.807, 2.05) is 4.90 Å². The van der Waals surface area contributed by atoms with E-state index >= 15 is 0 Å². The highest BCUT2D eigenvalue weighted by molar-refractivity contribution is 5.76. The molecule has 1 unspecified atom stereocenters. The van der Waals surface area contributed by atoms with Crippen molar-refractivity contribution in [3.63, 3.8) is 0 Å². The number of carbonyl (C=O) groups excluding carboxylic acids is 1.